The molecule has 3 fully saturated rings. The summed E-state index contributed by atoms with van der Waals surface area (Å²) in [5, 5.41) is 22.6. The molecule has 0 amide bonds. The number of fused-ring (bicyclic) bond motifs is 5. The van der Waals surface area contributed by atoms with Gasteiger partial charge in [0.2, 0.25) is 0 Å². The molecule has 0 radical (unpaired) electrons. The molecule has 4 rings (SSSR count). The number of ketones is 2. The second-order valence-corrected chi connectivity index (χ2v) is 11.2. The lowest BCUT2D eigenvalue weighted by Crippen LogP contribution is -2.62. The van der Waals surface area contributed by atoms with Crippen molar-refractivity contribution in [2.45, 2.75) is 70.5 Å². The van der Waals surface area contributed by atoms with Gasteiger partial charge in [0.1, 0.15) is 12.2 Å². The van der Waals surface area contributed by atoms with Crippen molar-refractivity contribution >= 4 is 22.0 Å². The van der Waals surface area contributed by atoms with Crippen LogP contribution in [-0.2, 0) is 24.2 Å². The first-order chi connectivity index (χ1) is 13.8. The van der Waals surface area contributed by atoms with Crippen LogP contribution in [0.2, 0.25) is 0 Å². The number of carbonyl (C=O) groups is 2. The van der Waals surface area contributed by atoms with Gasteiger partial charge >= 0.3 is 10.4 Å². The van der Waals surface area contributed by atoms with Crippen LogP contribution < -0.4 is 0 Å². The zero-order chi connectivity index (χ0) is 22.1. The first-order valence-electron chi connectivity index (χ1n) is 10.6. The summed E-state index contributed by atoms with van der Waals surface area (Å²) in [7, 11) is -4.80. The lowest BCUT2D eigenvalue weighted by molar-refractivity contribution is -0.181. The van der Waals surface area contributed by atoms with Crippen LogP contribution in [0.4, 0.5) is 0 Å². The average molecular weight is 443 g/mol. The standard InChI is InChI=1S/C21H30O8S/c1-19-7-5-13(22)9-12(19)3-4-14-15-6-8-21(25,17(24)11-29-30(26,27)28)20(15,2)10-16(23)18(14)19/h9,14-16,18,23,25H,3-8,10-11H2,1-2H3,(H,26,27,28)/t14-,15-,16?,18?,19-,20-,21-/m0/s1. The molecule has 4 aliphatic carbocycles. The van der Waals surface area contributed by atoms with Gasteiger partial charge in [-0.15, -0.1) is 0 Å². The highest BCUT2D eigenvalue weighted by Crippen LogP contribution is 2.67. The first-order valence-corrected chi connectivity index (χ1v) is 12.0. The Morgan fingerprint density at radius 3 is 2.60 bits per heavy atom. The van der Waals surface area contributed by atoms with Gasteiger partial charge in [-0.2, -0.15) is 8.42 Å². The summed E-state index contributed by atoms with van der Waals surface area (Å²) in [5.41, 5.74) is -1.91. The third kappa shape index (κ3) is 3.12. The fraction of sp³-hybridized carbons (Fsp3) is 0.810. The van der Waals surface area contributed by atoms with Gasteiger partial charge in [0, 0.05) is 11.8 Å². The van der Waals surface area contributed by atoms with Gasteiger partial charge in [-0.05, 0) is 67.8 Å². The van der Waals surface area contributed by atoms with Crippen LogP contribution in [0.3, 0.4) is 0 Å². The van der Waals surface area contributed by atoms with Crippen LogP contribution in [-0.4, -0.2) is 53.1 Å². The fourth-order valence-corrected chi connectivity index (χ4v) is 7.65. The Kier molecular flexibility index (Phi) is 5.10. The number of rotatable bonds is 4. The monoisotopic (exact) mass is 442 g/mol. The predicted octanol–water partition coefficient (Wildman–Crippen LogP) is 1.61. The summed E-state index contributed by atoms with van der Waals surface area (Å²) in [6.07, 6.45) is 4.67. The number of hydrogen-bond acceptors (Lipinski definition) is 7. The third-order valence-corrected chi connectivity index (χ3v) is 9.26. The molecule has 0 aliphatic heterocycles. The molecule has 0 saturated heterocycles. The lowest BCUT2D eigenvalue weighted by Gasteiger charge is -2.60. The van der Waals surface area contributed by atoms with Crippen molar-refractivity contribution in [2.24, 2.45) is 28.6 Å². The number of allylic oxidation sites excluding steroid dienone is 1. The summed E-state index contributed by atoms with van der Waals surface area (Å²) < 4.78 is 34.8. The molecule has 0 bridgehead atoms. The Labute approximate surface area is 176 Å². The van der Waals surface area contributed by atoms with Gasteiger partial charge in [0.25, 0.3) is 0 Å². The number of aliphatic hydroxyl groups is 2. The highest BCUT2D eigenvalue weighted by atomic mass is 32.3. The maximum atomic E-state index is 12.8. The smallest absolute Gasteiger partial charge is 0.393 e. The Bertz CT molecular complexity index is 910. The van der Waals surface area contributed by atoms with Crippen molar-refractivity contribution in [3.63, 3.8) is 0 Å². The summed E-state index contributed by atoms with van der Waals surface area (Å²) >= 11 is 0. The van der Waals surface area contributed by atoms with Crippen molar-refractivity contribution in [1.29, 1.82) is 0 Å². The van der Waals surface area contributed by atoms with E-state index in [2.05, 4.69) is 11.1 Å². The van der Waals surface area contributed by atoms with Gasteiger partial charge in [-0.25, -0.2) is 4.18 Å². The van der Waals surface area contributed by atoms with E-state index in [0.29, 0.717) is 19.3 Å². The Morgan fingerprint density at radius 2 is 1.93 bits per heavy atom. The van der Waals surface area contributed by atoms with Crippen molar-refractivity contribution in [2.75, 3.05) is 6.61 Å². The molecule has 3 N–H and O–H groups in total. The quantitative estimate of drug-likeness (QED) is 0.558. The zero-order valence-corrected chi connectivity index (χ0v) is 18.2. The van der Waals surface area contributed by atoms with Gasteiger partial charge < -0.3 is 10.2 Å². The number of aliphatic hydroxyl groups excluding tert-OH is 1. The highest BCUT2D eigenvalue weighted by Gasteiger charge is 2.68. The molecular formula is C21H30O8S. The Morgan fingerprint density at radius 1 is 1.23 bits per heavy atom. The molecule has 8 nitrogen and oxygen atoms in total. The average Bonchev–Trinajstić information content (AvgIpc) is 2.91. The zero-order valence-electron chi connectivity index (χ0n) is 17.3. The van der Waals surface area contributed by atoms with Gasteiger partial charge in [0.05, 0.1) is 6.10 Å². The molecular weight excluding hydrogens is 412 g/mol. The van der Waals surface area contributed by atoms with Gasteiger partial charge in [-0.1, -0.05) is 19.4 Å². The van der Waals surface area contributed by atoms with Crippen LogP contribution >= 0.6 is 0 Å². The SMILES string of the molecule is C[C@]12CCC(=O)C=C1CC[C@@H]1C2C(O)C[C@@]2(C)[C@H]1CC[C@]2(O)C(=O)COS(=O)(=O)O. The van der Waals surface area contributed by atoms with Crippen molar-refractivity contribution in [3.8, 4) is 0 Å². The highest BCUT2D eigenvalue weighted by molar-refractivity contribution is 7.80. The van der Waals surface area contributed by atoms with Crippen molar-refractivity contribution < 1.29 is 37.0 Å². The maximum absolute atomic E-state index is 12.8. The second kappa shape index (κ2) is 6.93. The Balaban J connectivity index is 1.65. The topological polar surface area (TPSA) is 138 Å². The molecule has 0 spiro atoms. The summed E-state index contributed by atoms with van der Waals surface area (Å²) in [6.45, 7) is 2.99. The molecule has 9 heteroatoms. The first kappa shape index (κ1) is 22.1. The minimum atomic E-state index is -4.80. The Hall–Kier alpha value is -1.13. The predicted molar refractivity (Wildman–Crippen MR) is 106 cm³/mol. The van der Waals surface area contributed by atoms with Crippen LogP contribution in [0.1, 0.15) is 58.8 Å². The second-order valence-electron chi connectivity index (χ2n) is 10.1. The van der Waals surface area contributed by atoms with Gasteiger partial charge in [0.15, 0.2) is 11.6 Å². The molecule has 4 aliphatic rings. The van der Waals surface area contributed by atoms with Gasteiger partial charge in [-0.3, -0.25) is 14.1 Å². The van der Waals surface area contributed by atoms with E-state index in [1.807, 2.05) is 0 Å². The normalized spacial score (nSPS) is 45.9. The molecule has 3 saturated carbocycles. The molecule has 0 heterocycles. The fourth-order valence-electron chi connectivity index (χ4n) is 7.40. The number of Topliss-reactive ketones (excluding diaryl/α,β-unsaturated/α-hetero) is 1. The maximum Gasteiger partial charge on any atom is 0.397 e. The van der Waals surface area contributed by atoms with Crippen LogP contribution in [0, 0.1) is 28.6 Å². The summed E-state index contributed by atoms with van der Waals surface area (Å²) in [5.74, 6) is -0.618. The van der Waals surface area contributed by atoms with Crippen LogP contribution in [0.15, 0.2) is 11.6 Å². The molecule has 0 aromatic rings. The minimum absolute atomic E-state index is 0.0124. The molecule has 2 unspecified atom stereocenters. The van der Waals surface area contributed by atoms with E-state index in [1.165, 1.54) is 0 Å². The third-order valence-electron chi connectivity index (χ3n) is 8.85. The van der Waals surface area contributed by atoms with E-state index in [-0.39, 0.29) is 41.8 Å². The van der Waals surface area contributed by atoms with E-state index >= 15 is 0 Å². The molecule has 0 aromatic carbocycles. The summed E-state index contributed by atoms with van der Waals surface area (Å²) in [6, 6.07) is 0. The van der Waals surface area contributed by atoms with Crippen LogP contribution in [0.5, 0.6) is 0 Å². The minimum Gasteiger partial charge on any atom is -0.393 e. The molecule has 0 aromatic heterocycles. The lowest BCUT2D eigenvalue weighted by atomic mass is 9.45. The van der Waals surface area contributed by atoms with Crippen LogP contribution in [0.25, 0.3) is 0 Å². The van der Waals surface area contributed by atoms with E-state index in [9.17, 15) is 28.2 Å². The largest absolute Gasteiger partial charge is 0.397 e. The number of hydrogen-bond donors (Lipinski definition) is 3. The summed E-state index contributed by atoms with van der Waals surface area (Å²) in [4.78, 5) is 24.7. The number of carbonyl (C=O) groups excluding carboxylic acids is 2. The van der Waals surface area contributed by atoms with E-state index in [1.54, 1.807) is 13.0 Å². The van der Waals surface area contributed by atoms with Crippen molar-refractivity contribution in [3.05, 3.63) is 11.6 Å². The van der Waals surface area contributed by atoms with E-state index in [0.717, 1.165) is 18.4 Å². The molecule has 7 atom stereocenters. The van der Waals surface area contributed by atoms with E-state index in [4.69, 9.17) is 4.55 Å². The van der Waals surface area contributed by atoms with E-state index < -0.39 is 39.9 Å². The van der Waals surface area contributed by atoms with Crippen molar-refractivity contribution in [1.82, 2.24) is 0 Å². The molecule has 30 heavy (non-hydrogen) atoms. The molecule has 168 valence electrons.